The molecular weight excluding hydrogens is 480 g/mol. The molecule has 0 bridgehead atoms. The summed E-state index contributed by atoms with van der Waals surface area (Å²) in [6.45, 7) is 15.0. The lowest BCUT2D eigenvalue weighted by Crippen LogP contribution is -2.49. The Bertz CT molecular complexity index is 527. The molecule has 0 saturated heterocycles. The number of aliphatic hydroxyl groups excluding tert-OH is 3. The van der Waals surface area contributed by atoms with E-state index in [0.717, 1.165) is 37.5 Å². The third-order valence-electron chi connectivity index (χ3n) is 3.70. The highest BCUT2D eigenvalue weighted by atomic mass is 16.9. The molecular formula is C24H44O12. The molecule has 12 nitrogen and oxygen atoms in total. The number of carboxylic acids is 3. The van der Waals surface area contributed by atoms with Crippen LogP contribution in [-0.4, -0.2) is 94.2 Å². The van der Waals surface area contributed by atoms with Crippen LogP contribution in [0.1, 0.15) is 46.5 Å². The summed E-state index contributed by atoms with van der Waals surface area (Å²) in [4.78, 5) is 27.8. The molecule has 0 saturated carbocycles. The SMILES string of the molecule is C=CC(=O)O.C=CC(=O)O.C=CC(=O)O.CCCOC(CC(CO)(CO)CO)(OCCC)OCCC. The van der Waals surface area contributed by atoms with E-state index in [1.54, 1.807) is 0 Å². The number of ether oxygens (including phenoxy) is 3. The second-order valence-corrected chi connectivity index (χ2v) is 7.01. The molecule has 0 atom stereocenters. The van der Waals surface area contributed by atoms with E-state index >= 15 is 0 Å². The zero-order valence-electron chi connectivity index (χ0n) is 21.6. The summed E-state index contributed by atoms with van der Waals surface area (Å²) < 4.78 is 17.3. The van der Waals surface area contributed by atoms with E-state index in [0.29, 0.717) is 19.8 Å². The highest BCUT2D eigenvalue weighted by Crippen LogP contribution is 2.33. The van der Waals surface area contributed by atoms with Crippen LogP contribution < -0.4 is 0 Å². The first-order valence-electron chi connectivity index (χ1n) is 11.2. The summed E-state index contributed by atoms with van der Waals surface area (Å²) in [7, 11) is 0. The maximum absolute atomic E-state index is 9.53. The van der Waals surface area contributed by atoms with Crippen molar-refractivity contribution in [1.82, 2.24) is 0 Å². The number of hydrogen-bond donors (Lipinski definition) is 6. The average molecular weight is 525 g/mol. The molecule has 0 aromatic rings. The molecule has 0 heterocycles. The minimum Gasteiger partial charge on any atom is -0.478 e. The fourth-order valence-electron chi connectivity index (χ4n) is 1.83. The second kappa shape index (κ2) is 27.0. The van der Waals surface area contributed by atoms with Crippen molar-refractivity contribution in [1.29, 1.82) is 0 Å². The lowest BCUT2D eigenvalue weighted by Gasteiger charge is -2.40. The summed E-state index contributed by atoms with van der Waals surface area (Å²) >= 11 is 0. The van der Waals surface area contributed by atoms with Crippen LogP contribution in [0.15, 0.2) is 38.0 Å². The molecule has 0 spiro atoms. The van der Waals surface area contributed by atoms with Crippen molar-refractivity contribution in [2.24, 2.45) is 5.41 Å². The van der Waals surface area contributed by atoms with Gasteiger partial charge in [-0.05, 0) is 19.3 Å². The number of carbonyl (C=O) groups is 3. The van der Waals surface area contributed by atoms with Crippen LogP contribution in [0.2, 0.25) is 0 Å². The van der Waals surface area contributed by atoms with Crippen LogP contribution >= 0.6 is 0 Å². The maximum atomic E-state index is 9.53. The van der Waals surface area contributed by atoms with E-state index in [1.807, 2.05) is 20.8 Å². The summed E-state index contributed by atoms with van der Waals surface area (Å²) in [6.07, 6.45) is 4.94. The molecule has 0 aromatic carbocycles. The molecule has 0 aromatic heterocycles. The zero-order valence-corrected chi connectivity index (χ0v) is 21.6. The molecule has 0 amide bonds. The van der Waals surface area contributed by atoms with E-state index in [2.05, 4.69) is 19.7 Å². The third kappa shape index (κ3) is 26.0. The zero-order chi connectivity index (χ0) is 29.0. The summed E-state index contributed by atoms with van der Waals surface area (Å²) in [5, 5.41) is 51.4. The average Bonchev–Trinajstić information content (AvgIpc) is 2.89. The largest absolute Gasteiger partial charge is 0.478 e. The van der Waals surface area contributed by atoms with E-state index < -0.39 is 29.3 Å². The quantitative estimate of drug-likeness (QED) is 0.120. The summed E-state index contributed by atoms with van der Waals surface area (Å²) in [5.41, 5.74) is -1.10. The molecule has 0 unspecified atom stereocenters. The highest BCUT2D eigenvalue weighted by Gasteiger charge is 2.44. The Morgan fingerprint density at radius 2 is 0.861 bits per heavy atom. The van der Waals surface area contributed by atoms with Crippen LogP contribution in [0, 0.1) is 5.41 Å². The molecule has 36 heavy (non-hydrogen) atoms. The Labute approximate surface area is 213 Å². The Hall–Kier alpha value is -2.61. The van der Waals surface area contributed by atoms with Crippen molar-refractivity contribution in [3.63, 3.8) is 0 Å². The van der Waals surface area contributed by atoms with Gasteiger partial charge < -0.3 is 44.8 Å². The van der Waals surface area contributed by atoms with Crippen LogP contribution in [0.4, 0.5) is 0 Å². The molecule has 0 aliphatic heterocycles. The van der Waals surface area contributed by atoms with Crippen LogP contribution in [0.25, 0.3) is 0 Å². The Morgan fingerprint density at radius 3 is 1.00 bits per heavy atom. The number of aliphatic hydroxyl groups is 3. The first kappa shape index (κ1) is 40.6. The Kier molecular flexibility index (Phi) is 30.4. The smallest absolute Gasteiger partial charge is 0.327 e. The van der Waals surface area contributed by atoms with Gasteiger partial charge in [0.05, 0.1) is 39.6 Å². The van der Waals surface area contributed by atoms with Crippen molar-refractivity contribution in [3.8, 4) is 0 Å². The molecule has 212 valence electrons. The molecule has 0 radical (unpaired) electrons. The lowest BCUT2D eigenvalue weighted by molar-refractivity contribution is -0.395. The normalized spacial score (nSPS) is 10.2. The van der Waals surface area contributed by atoms with Gasteiger partial charge in [0.25, 0.3) is 5.97 Å². The number of aliphatic carboxylic acids is 3. The number of rotatable bonds is 17. The Balaban J connectivity index is -0.000000275. The van der Waals surface area contributed by atoms with Crippen LogP contribution in [-0.2, 0) is 28.6 Å². The van der Waals surface area contributed by atoms with Gasteiger partial charge in [-0.15, -0.1) is 0 Å². The fourth-order valence-corrected chi connectivity index (χ4v) is 1.83. The molecule has 6 N–H and O–H groups in total. The van der Waals surface area contributed by atoms with Gasteiger partial charge in [-0.2, -0.15) is 0 Å². The molecule has 0 rings (SSSR count). The van der Waals surface area contributed by atoms with Gasteiger partial charge in [-0.3, -0.25) is 0 Å². The lowest BCUT2D eigenvalue weighted by atomic mass is 9.86. The fraction of sp³-hybridized carbons (Fsp3) is 0.625. The predicted octanol–water partition coefficient (Wildman–Crippen LogP) is 2.04. The minimum absolute atomic E-state index is 0.0729. The van der Waals surface area contributed by atoms with Gasteiger partial charge in [-0.1, -0.05) is 40.5 Å². The summed E-state index contributed by atoms with van der Waals surface area (Å²) in [6, 6.07) is 0. The molecule has 0 aliphatic carbocycles. The van der Waals surface area contributed by atoms with Gasteiger partial charge in [0.2, 0.25) is 0 Å². The van der Waals surface area contributed by atoms with Crippen molar-refractivity contribution < 1.29 is 59.2 Å². The monoisotopic (exact) mass is 524 g/mol. The first-order chi connectivity index (χ1) is 16.9. The van der Waals surface area contributed by atoms with Crippen LogP contribution in [0.3, 0.4) is 0 Å². The van der Waals surface area contributed by atoms with Crippen LogP contribution in [0.5, 0.6) is 0 Å². The van der Waals surface area contributed by atoms with Gasteiger partial charge in [0.15, 0.2) is 0 Å². The van der Waals surface area contributed by atoms with Crippen molar-refractivity contribution in [2.75, 3.05) is 39.6 Å². The van der Waals surface area contributed by atoms with Gasteiger partial charge in [-0.25, -0.2) is 14.4 Å². The van der Waals surface area contributed by atoms with E-state index in [1.165, 1.54) is 0 Å². The Morgan fingerprint density at radius 1 is 0.639 bits per heavy atom. The molecule has 12 heteroatoms. The van der Waals surface area contributed by atoms with Gasteiger partial charge >= 0.3 is 17.9 Å². The summed E-state index contributed by atoms with van der Waals surface area (Å²) in [5.74, 6) is -4.28. The van der Waals surface area contributed by atoms with Gasteiger partial charge in [0, 0.05) is 30.1 Å². The number of hydrogen-bond acceptors (Lipinski definition) is 9. The standard InChI is InChI=1S/C15H32O6.3C3H4O2/c1-4-7-19-15(20-8-5-2,21-9-6-3)10-14(11-16,12-17)13-18;3*1-2-3(4)5/h16-18H,4-13H2,1-3H3;3*2H,1H2,(H,4,5). The van der Waals surface area contributed by atoms with Crippen molar-refractivity contribution in [3.05, 3.63) is 38.0 Å². The third-order valence-corrected chi connectivity index (χ3v) is 3.70. The molecule has 0 fully saturated rings. The van der Waals surface area contributed by atoms with Crippen molar-refractivity contribution >= 4 is 17.9 Å². The van der Waals surface area contributed by atoms with Crippen molar-refractivity contribution in [2.45, 2.75) is 52.4 Å². The minimum atomic E-state index is -1.34. The maximum Gasteiger partial charge on any atom is 0.327 e. The predicted molar refractivity (Wildman–Crippen MR) is 133 cm³/mol. The second-order valence-electron chi connectivity index (χ2n) is 7.01. The molecule has 0 aliphatic rings. The highest BCUT2D eigenvalue weighted by molar-refractivity contribution is 5.79. The number of carboxylic acid groups (broad SMARTS) is 3. The van der Waals surface area contributed by atoms with E-state index in [9.17, 15) is 29.7 Å². The van der Waals surface area contributed by atoms with E-state index in [-0.39, 0.29) is 26.2 Å². The van der Waals surface area contributed by atoms with Gasteiger partial charge in [0.1, 0.15) is 0 Å². The van der Waals surface area contributed by atoms with E-state index in [4.69, 9.17) is 29.5 Å². The topological polar surface area (TPSA) is 200 Å². The first-order valence-corrected chi connectivity index (χ1v) is 11.2.